The molecule has 0 aliphatic rings. The molecule has 8 nitrogen and oxygen atoms in total. The lowest BCUT2D eigenvalue weighted by atomic mass is 10.2. The maximum absolute atomic E-state index is 13.0. The fraction of sp³-hybridized carbons (Fsp3) is 0.136. The summed E-state index contributed by atoms with van der Waals surface area (Å²) in [5, 5.41) is 11.3. The van der Waals surface area contributed by atoms with E-state index in [2.05, 4.69) is 14.7 Å². The van der Waals surface area contributed by atoms with Crippen LogP contribution in [0.5, 0.6) is 11.5 Å². The van der Waals surface area contributed by atoms with Crippen molar-refractivity contribution in [3.05, 3.63) is 71.5 Å². The van der Waals surface area contributed by atoms with Gasteiger partial charge < -0.3 is 9.30 Å². The molecule has 2 aromatic heterocycles. The first kappa shape index (κ1) is 24.2. The van der Waals surface area contributed by atoms with Crippen molar-refractivity contribution in [2.45, 2.75) is 24.5 Å². The van der Waals surface area contributed by atoms with Gasteiger partial charge in [0.2, 0.25) is 0 Å². The third kappa shape index (κ3) is 5.28. The van der Waals surface area contributed by atoms with Crippen LogP contribution >= 0.6 is 11.3 Å². The zero-order valence-corrected chi connectivity index (χ0v) is 19.6. The summed E-state index contributed by atoms with van der Waals surface area (Å²) in [5.41, 5.74) is -0.551. The minimum atomic E-state index is -4.55. The van der Waals surface area contributed by atoms with E-state index in [-0.39, 0.29) is 27.2 Å². The Kier molecular flexibility index (Phi) is 6.51. The smallest absolute Gasteiger partial charge is 0.434 e. The van der Waals surface area contributed by atoms with Gasteiger partial charge in [0.05, 0.1) is 10.5 Å². The number of hydrogen-bond donors (Lipinski definition) is 1. The van der Waals surface area contributed by atoms with E-state index in [1.54, 1.807) is 24.4 Å². The van der Waals surface area contributed by atoms with E-state index in [9.17, 15) is 26.9 Å². The highest BCUT2D eigenvalue weighted by Gasteiger charge is 2.34. The summed E-state index contributed by atoms with van der Waals surface area (Å²) in [6.45, 7) is 2.01. The molecule has 0 aliphatic carbocycles. The Morgan fingerprint density at radius 3 is 2.54 bits per heavy atom. The number of sulfonamides is 1. The molecule has 0 bridgehead atoms. The van der Waals surface area contributed by atoms with Crippen LogP contribution in [-0.4, -0.2) is 23.0 Å². The standard InChI is InChI=1S/C22H16F3N5O3S2/c1-2-30-13-19(22(23,24)25)28-20(30)14-3-5-16(6-4-14)33-18-8-7-17(11-15(18)12-26)35(31,32)29-21-27-9-10-34-21/h3-11,13H,2H2,1H3,(H,27,29). The first-order chi connectivity index (χ1) is 16.6. The molecule has 2 aromatic carbocycles. The molecule has 0 saturated carbocycles. The normalized spacial score (nSPS) is 11.7. The number of rotatable bonds is 7. The Morgan fingerprint density at radius 1 is 1.20 bits per heavy atom. The molecule has 0 spiro atoms. The number of aryl methyl sites for hydroxylation is 1. The molecule has 2 heterocycles. The molecule has 0 atom stereocenters. The van der Waals surface area contributed by atoms with Crippen LogP contribution in [0.1, 0.15) is 18.2 Å². The number of halogens is 3. The fourth-order valence-electron chi connectivity index (χ4n) is 3.12. The van der Waals surface area contributed by atoms with Gasteiger partial charge in [-0.15, -0.1) is 11.3 Å². The van der Waals surface area contributed by atoms with Crippen molar-refractivity contribution in [1.82, 2.24) is 14.5 Å². The maximum atomic E-state index is 13.0. The van der Waals surface area contributed by atoms with E-state index in [0.717, 1.165) is 17.5 Å². The Hall–Kier alpha value is -3.89. The molecule has 0 fully saturated rings. The van der Waals surface area contributed by atoms with Crippen molar-refractivity contribution in [2.24, 2.45) is 0 Å². The van der Waals surface area contributed by atoms with E-state index in [1.807, 2.05) is 6.07 Å². The zero-order chi connectivity index (χ0) is 25.2. The van der Waals surface area contributed by atoms with Gasteiger partial charge in [0.15, 0.2) is 10.8 Å². The molecule has 0 radical (unpaired) electrons. The van der Waals surface area contributed by atoms with Crippen LogP contribution in [0.15, 0.2) is 65.1 Å². The minimum absolute atomic E-state index is 0.0209. The maximum Gasteiger partial charge on any atom is 0.434 e. The van der Waals surface area contributed by atoms with Crippen molar-refractivity contribution in [2.75, 3.05) is 4.72 Å². The summed E-state index contributed by atoms with van der Waals surface area (Å²) in [5.74, 6) is 0.571. The van der Waals surface area contributed by atoms with Crippen LogP contribution in [0.3, 0.4) is 0 Å². The molecule has 0 aliphatic heterocycles. The van der Waals surface area contributed by atoms with E-state index in [4.69, 9.17) is 4.74 Å². The van der Waals surface area contributed by atoms with Crippen molar-refractivity contribution in [1.29, 1.82) is 5.26 Å². The molecule has 1 N–H and O–H groups in total. The molecule has 35 heavy (non-hydrogen) atoms. The number of benzene rings is 2. The van der Waals surface area contributed by atoms with E-state index >= 15 is 0 Å². The van der Waals surface area contributed by atoms with Gasteiger partial charge in [0.25, 0.3) is 10.0 Å². The number of hydrogen-bond acceptors (Lipinski definition) is 7. The summed E-state index contributed by atoms with van der Waals surface area (Å²) >= 11 is 1.11. The third-order valence-electron chi connectivity index (χ3n) is 4.78. The highest BCUT2D eigenvalue weighted by Crippen LogP contribution is 2.33. The second kappa shape index (κ2) is 9.40. The molecule has 4 aromatic rings. The predicted molar refractivity (Wildman–Crippen MR) is 122 cm³/mol. The number of nitrogens with zero attached hydrogens (tertiary/aromatic N) is 4. The van der Waals surface area contributed by atoms with E-state index in [1.165, 1.54) is 41.1 Å². The number of imidazole rings is 1. The molecule has 4 rings (SSSR count). The lowest BCUT2D eigenvalue weighted by Gasteiger charge is -2.11. The Morgan fingerprint density at radius 2 is 1.94 bits per heavy atom. The first-order valence-corrected chi connectivity index (χ1v) is 12.4. The number of nitrogens with one attached hydrogen (secondary N) is 1. The van der Waals surface area contributed by atoms with Gasteiger partial charge in [-0.25, -0.2) is 18.4 Å². The molecule has 0 amide bonds. The van der Waals surface area contributed by atoms with Crippen LogP contribution < -0.4 is 9.46 Å². The van der Waals surface area contributed by atoms with Gasteiger partial charge in [-0.3, -0.25) is 4.72 Å². The van der Waals surface area contributed by atoms with Gasteiger partial charge in [-0.2, -0.15) is 18.4 Å². The molecule has 0 unspecified atom stereocenters. The van der Waals surface area contributed by atoms with E-state index in [0.29, 0.717) is 17.9 Å². The van der Waals surface area contributed by atoms with Crippen LogP contribution in [0.2, 0.25) is 0 Å². The van der Waals surface area contributed by atoms with Gasteiger partial charge >= 0.3 is 6.18 Å². The molecule has 13 heteroatoms. The Labute approximate surface area is 202 Å². The number of aromatic nitrogens is 3. The van der Waals surface area contributed by atoms with Crippen molar-refractivity contribution in [3.63, 3.8) is 0 Å². The number of nitriles is 1. The Bertz CT molecular complexity index is 1490. The predicted octanol–water partition coefficient (Wildman–Crippen LogP) is 5.51. The summed E-state index contributed by atoms with van der Waals surface area (Å²) in [6, 6.07) is 11.9. The minimum Gasteiger partial charge on any atom is -0.456 e. The van der Waals surface area contributed by atoms with Crippen molar-refractivity contribution in [3.8, 4) is 29.0 Å². The van der Waals surface area contributed by atoms with Crippen molar-refractivity contribution < 1.29 is 26.3 Å². The van der Waals surface area contributed by atoms with Gasteiger partial charge in [-0.05, 0) is 49.4 Å². The monoisotopic (exact) mass is 519 g/mol. The first-order valence-electron chi connectivity index (χ1n) is 10.00. The summed E-state index contributed by atoms with van der Waals surface area (Å²) in [6.07, 6.45) is -2.14. The molecular formula is C22H16F3N5O3S2. The summed E-state index contributed by atoms with van der Waals surface area (Å²) in [7, 11) is -3.96. The average Bonchev–Trinajstić information content (AvgIpc) is 3.49. The van der Waals surface area contributed by atoms with Gasteiger partial charge in [0, 0.05) is 29.9 Å². The fourth-order valence-corrected chi connectivity index (χ4v) is 4.94. The number of alkyl halides is 3. The van der Waals surface area contributed by atoms with Crippen LogP contribution in [0, 0.1) is 11.3 Å². The number of anilines is 1. The summed E-state index contributed by atoms with van der Waals surface area (Å²) in [4.78, 5) is 7.44. The average molecular weight is 520 g/mol. The van der Waals surface area contributed by atoms with Gasteiger partial charge in [0.1, 0.15) is 23.4 Å². The molecule has 0 saturated heterocycles. The van der Waals surface area contributed by atoms with E-state index < -0.39 is 21.9 Å². The Balaban J connectivity index is 1.56. The van der Waals surface area contributed by atoms with Gasteiger partial charge in [-0.1, -0.05) is 0 Å². The topological polar surface area (TPSA) is 110 Å². The lowest BCUT2D eigenvalue weighted by molar-refractivity contribution is -0.140. The largest absolute Gasteiger partial charge is 0.456 e. The highest BCUT2D eigenvalue weighted by molar-refractivity contribution is 7.93. The zero-order valence-electron chi connectivity index (χ0n) is 17.9. The van der Waals surface area contributed by atoms with Crippen LogP contribution in [0.4, 0.5) is 18.3 Å². The van der Waals surface area contributed by atoms with Crippen LogP contribution in [0.25, 0.3) is 11.4 Å². The second-order valence-corrected chi connectivity index (χ2v) is 9.65. The number of thiazole rings is 1. The van der Waals surface area contributed by atoms with Crippen LogP contribution in [-0.2, 0) is 22.7 Å². The lowest BCUT2D eigenvalue weighted by Crippen LogP contribution is -2.13. The quantitative estimate of drug-likeness (QED) is 0.345. The molecular weight excluding hydrogens is 503 g/mol. The molecule has 180 valence electrons. The van der Waals surface area contributed by atoms with Crippen molar-refractivity contribution >= 4 is 26.5 Å². The second-order valence-electron chi connectivity index (χ2n) is 7.07. The highest BCUT2D eigenvalue weighted by atomic mass is 32.2. The SMILES string of the molecule is CCn1cc(C(F)(F)F)nc1-c1ccc(Oc2ccc(S(=O)(=O)Nc3nccs3)cc2C#N)cc1. The third-order valence-corrected chi connectivity index (χ3v) is 6.94. The summed E-state index contributed by atoms with van der Waals surface area (Å²) < 4.78 is 73.7. The number of ether oxygens (including phenoxy) is 1.